The van der Waals surface area contributed by atoms with Gasteiger partial charge in [-0.15, -0.1) is 11.8 Å². The van der Waals surface area contributed by atoms with Gasteiger partial charge in [-0.1, -0.05) is 32.0 Å². The largest absolute Gasteiger partial charge is 0.354 e. The summed E-state index contributed by atoms with van der Waals surface area (Å²) in [5.41, 5.74) is 2.88. The lowest BCUT2D eigenvalue weighted by Crippen LogP contribution is -2.49. The number of carbonyl (C=O) groups is 2. The summed E-state index contributed by atoms with van der Waals surface area (Å²) in [6.45, 7) is 4.62. The smallest absolute Gasteiger partial charge is 0.252 e. The Morgan fingerprint density at radius 1 is 1.03 bits per heavy atom. The van der Waals surface area contributed by atoms with Crippen LogP contribution in [0.3, 0.4) is 0 Å². The minimum absolute atomic E-state index is 0.187. The number of pyridine rings is 1. The molecule has 1 unspecified atom stereocenters. The standard InChI is InChI=1S/C26H27N5O2S/c1-17(2)15-28-26(33)23(16-34-20-6-4-3-5-7-20)31-25(32)19-8-9-21-22(14-19)30-24(29-21)18-10-12-27-13-11-18/h3-14,17,23H,15-16H2,1-2H3,(H,28,33)(H,29,30)(H,31,32). The first-order valence-electron chi connectivity index (χ1n) is 11.2. The number of nitrogens with zero attached hydrogens (tertiary/aromatic N) is 2. The zero-order chi connectivity index (χ0) is 23.9. The highest BCUT2D eigenvalue weighted by atomic mass is 32.2. The molecule has 8 heteroatoms. The summed E-state index contributed by atoms with van der Waals surface area (Å²) in [6.07, 6.45) is 3.42. The highest BCUT2D eigenvalue weighted by Gasteiger charge is 2.22. The van der Waals surface area contributed by atoms with Gasteiger partial charge in [-0.05, 0) is 48.4 Å². The molecule has 34 heavy (non-hydrogen) atoms. The van der Waals surface area contributed by atoms with Crippen LogP contribution in [-0.4, -0.2) is 45.1 Å². The number of carbonyl (C=O) groups excluding carboxylic acids is 2. The van der Waals surface area contributed by atoms with Gasteiger partial charge in [-0.3, -0.25) is 14.6 Å². The number of H-pyrrole nitrogens is 1. The molecular formula is C26H27N5O2S. The third kappa shape index (κ3) is 6.02. The fourth-order valence-electron chi connectivity index (χ4n) is 3.35. The van der Waals surface area contributed by atoms with Crippen LogP contribution in [0.5, 0.6) is 0 Å². The lowest BCUT2D eigenvalue weighted by atomic mass is 10.1. The van der Waals surface area contributed by atoms with E-state index in [9.17, 15) is 9.59 Å². The van der Waals surface area contributed by atoms with Crippen LogP contribution in [0.4, 0.5) is 0 Å². The molecule has 3 N–H and O–H groups in total. The second kappa shape index (κ2) is 11.0. The maximum Gasteiger partial charge on any atom is 0.252 e. The molecule has 0 saturated carbocycles. The number of rotatable bonds is 9. The maximum atomic E-state index is 13.1. The summed E-state index contributed by atoms with van der Waals surface area (Å²) in [6, 6.07) is 18.2. The number of nitrogens with one attached hydrogen (secondary N) is 3. The van der Waals surface area contributed by atoms with E-state index in [2.05, 4.69) is 25.6 Å². The molecule has 4 rings (SSSR count). The van der Waals surface area contributed by atoms with E-state index >= 15 is 0 Å². The Bertz CT molecular complexity index is 1260. The molecule has 0 radical (unpaired) electrons. The molecule has 174 valence electrons. The Balaban J connectivity index is 1.50. The summed E-state index contributed by atoms with van der Waals surface area (Å²) in [7, 11) is 0. The van der Waals surface area contributed by atoms with Crippen LogP contribution in [0, 0.1) is 5.92 Å². The number of aromatic amines is 1. The third-order valence-electron chi connectivity index (χ3n) is 5.16. The zero-order valence-electron chi connectivity index (χ0n) is 19.1. The first-order valence-corrected chi connectivity index (χ1v) is 12.1. The Morgan fingerprint density at radius 2 is 1.79 bits per heavy atom. The predicted octanol–water partition coefficient (Wildman–Crippen LogP) is 4.29. The van der Waals surface area contributed by atoms with E-state index in [1.165, 1.54) is 11.8 Å². The first-order chi connectivity index (χ1) is 16.5. The van der Waals surface area contributed by atoms with Gasteiger partial charge < -0.3 is 15.6 Å². The van der Waals surface area contributed by atoms with E-state index in [0.717, 1.165) is 21.5 Å². The van der Waals surface area contributed by atoms with E-state index in [1.807, 2.05) is 56.3 Å². The third-order valence-corrected chi connectivity index (χ3v) is 6.27. The second-order valence-corrected chi connectivity index (χ2v) is 9.44. The van der Waals surface area contributed by atoms with Gasteiger partial charge in [0.05, 0.1) is 11.0 Å². The van der Waals surface area contributed by atoms with E-state index in [4.69, 9.17) is 0 Å². The van der Waals surface area contributed by atoms with Crippen molar-refractivity contribution in [3.63, 3.8) is 0 Å². The summed E-state index contributed by atoms with van der Waals surface area (Å²) in [5, 5.41) is 5.85. The average molecular weight is 474 g/mol. The monoisotopic (exact) mass is 473 g/mol. The second-order valence-electron chi connectivity index (χ2n) is 8.34. The number of imidazole rings is 1. The number of hydrogen-bond acceptors (Lipinski definition) is 5. The number of aromatic nitrogens is 3. The molecule has 2 amide bonds. The molecule has 2 aromatic heterocycles. The molecular weight excluding hydrogens is 446 g/mol. The number of benzene rings is 2. The average Bonchev–Trinajstić information content (AvgIpc) is 3.29. The van der Waals surface area contributed by atoms with Gasteiger partial charge in [0.25, 0.3) is 5.91 Å². The maximum absolute atomic E-state index is 13.1. The minimum Gasteiger partial charge on any atom is -0.354 e. The van der Waals surface area contributed by atoms with E-state index in [1.54, 1.807) is 30.6 Å². The molecule has 1 atom stereocenters. The SMILES string of the molecule is CC(C)CNC(=O)C(CSc1ccccc1)NC(=O)c1ccc2nc(-c3ccncc3)[nH]c2c1. The van der Waals surface area contributed by atoms with Gasteiger partial charge in [0.2, 0.25) is 5.91 Å². The van der Waals surface area contributed by atoms with Crippen LogP contribution in [0.15, 0.2) is 78.0 Å². The normalized spacial score (nSPS) is 12.0. The van der Waals surface area contributed by atoms with E-state index in [0.29, 0.717) is 29.6 Å². The molecule has 0 spiro atoms. The topological polar surface area (TPSA) is 99.8 Å². The van der Waals surface area contributed by atoms with Crippen molar-refractivity contribution in [2.75, 3.05) is 12.3 Å². The van der Waals surface area contributed by atoms with Crippen LogP contribution in [0.1, 0.15) is 24.2 Å². The Morgan fingerprint density at radius 3 is 2.53 bits per heavy atom. The van der Waals surface area contributed by atoms with Crippen LogP contribution in [0.25, 0.3) is 22.4 Å². The predicted molar refractivity (Wildman–Crippen MR) is 136 cm³/mol. The zero-order valence-corrected chi connectivity index (χ0v) is 19.9. The molecule has 0 fully saturated rings. The van der Waals surface area contributed by atoms with Gasteiger partial charge in [-0.25, -0.2) is 4.98 Å². The summed E-state index contributed by atoms with van der Waals surface area (Å²) < 4.78 is 0. The molecule has 0 aliphatic rings. The van der Waals surface area contributed by atoms with Crippen LogP contribution >= 0.6 is 11.8 Å². The number of fused-ring (bicyclic) bond motifs is 1. The van der Waals surface area contributed by atoms with Crippen molar-refractivity contribution in [1.29, 1.82) is 0 Å². The van der Waals surface area contributed by atoms with Crippen molar-refractivity contribution < 1.29 is 9.59 Å². The minimum atomic E-state index is -0.665. The van der Waals surface area contributed by atoms with Crippen molar-refractivity contribution in [2.45, 2.75) is 24.8 Å². The van der Waals surface area contributed by atoms with Gasteiger partial charge in [0, 0.05) is 40.7 Å². The Hall–Kier alpha value is -3.65. The van der Waals surface area contributed by atoms with Crippen LogP contribution in [0.2, 0.25) is 0 Å². The van der Waals surface area contributed by atoms with Gasteiger partial charge in [0.15, 0.2) is 0 Å². The van der Waals surface area contributed by atoms with E-state index in [-0.39, 0.29) is 11.8 Å². The fraction of sp³-hybridized carbons (Fsp3) is 0.231. The number of thioether (sulfide) groups is 1. The van der Waals surface area contributed by atoms with Crippen molar-refractivity contribution >= 4 is 34.6 Å². The molecule has 7 nitrogen and oxygen atoms in total. The van der Waals surface area contributed by atoms with Gasteiger partial charge >= 0.3 is 0 Å². The molecule has 2 heterocycles. The van der Waals surface area contributed by atoms with Crippen molar-refractivity contribution in [3.05, 3.63) is 78.6 Å². The quantitative estimate of drug-likeness (QED) is 0.315. The number of amides is 2. The van der Waals surface area contributed by atoms with Crippen molar-refractivity contribution in [1.82, 2.24) is 25.6 Å². The summed E-state index contributed by atoms with van der Waals surface area (Å²) >= 11 is 1.53. The molecule has 0 aliphatic heterocycles. The van der Waals surface area contributed by atoms with Crippen molar-refractivity contribution in [2.24, 2.45) is 5.92 Å². The van der Waals surface area contributed by atoms with Crippen molar-refractivity contribution in [3.8, 4) is 11.4 Å². The lowest BCUT2D eigenvalue weighted by molar-refractivity contribution is -0.122. The first kappa shape index (κ1) is 23.5. The van der Waals surface area contributed by atoms with E-state index < -0.39 is 6.04 Å². The van der Waals surface area contributed by atoms with Gasteiger partial charge in [-0.2, -0.15) is 0 Å². The van der Waals surface area contributed by atoms with Gasteiger partial charge in [0.1, 0.15) is 11.9 Å². The molecule has 0 saturated heterocycles. The summed E-state index contributed by atoms with van der Waals surface area (Å²) in [5.74, 6) is 0.964. The van der Waals surface area contributed by atoms with Crippen LogP contribution < -0.4 is 10.6 Å². The molecule has 0 aliphatic carbocycles. The molecule has 2 aromatic carbocycles. The van der Waals surface area contributed by atoms with Crippen LogP contribution in [-0.2, 0) is 4.79 Å². The lowest BCUT2D eigenvalue weighted by Gasteiger charge is -2.19. The Labute approximate surface area is 202 Å². The Kier molecular flexibility index (Phi) is 7.59. The summed E-state index contributed by atoms with van der Waals surface area (Å²) in [4.78, 5) is 38.9. The highest BCUT2D eigenvalue weighted by molar-refractivity contribution is 7.99. The highest BCUT2D eigenvalue weighted by Crippen LogP contribution is 2.21. The fourth-order valence-corrected chi connectivity index (χ4v) is 4.29. The number of hydrogen-bond donors (Lipinski definition) is 3. The molecule has 4 aromatic rings. The molecule has 0 bridgehead atoms.